The van der Waals surface area contributed by atoms with E-state index in [1.54, 1.807) is 23.2 Å². The van der Waals surface area contributed by atoms with E-state index in [4.69, 9.17) is 4.42 Å². The Kier molecular flexibility index (Phi) is 4.65. The molecule has 0 bridgehead atoms. The number of hydrogen-bond donors (Lipinski definition) is 1. The molecule has 0 saturated carbocycles. The fraction of sp³-hybridized carbons (Fsp3) is 0.115. The summed E-state index contributed by atoms with van der Waals surface area (Å²) in [5.41, 5.74) is 5.24. The van der Waals surface area contributed by atoms with E-state index in [-0.39, 0.29) is 5.91 Å². The Hall–Kier alpha value is -4.39. The molecule has 1 N–H and O–H groups in total. The molecule has 5 aromatic rings. The van der Waals surface area contributed by atoms with E-state index in [2.05, 4.69) is 27.2 Å². The lowest BCUT2D eigenvalue weighted by molar-refractivity contribution is 0.0764. The number of benzene rings is 1. The summed E-state index contributed by atoms with van der Waals surface area (Å²) < 4.78 is 7.22. The van der Waals surface area contributed by atoms with Gasteiger partial charge in [0.1, 0.15) is 17.0 Å². The van der Waals surface area contributed by atoms with E-state index < -0.39 is 0 Å². The second-order valence-electron chi connectivity index (χ2n) is 7.97. The monoisotopic (exact) mass is 435 g/mol. The predicted molar refractivity (Wildman–Crippen MR) is 126 cm³/mol. The lowest BCUT2D eigenvalue weighted by Gasteiger charge is -2.26. The van der Waals surface area contributed by atoms with Crippen molar-refractivity contribution in [3.63, 3.8) is 0 Å². The first-order valence-electron chi connectivity index (χ1n) is 10.9. The van der Waals surface area contributed by atoms with Crippen molar-refractivity contribution in [2.75, 3.05) is 13.1 Å². The normalized spacial score (nSPS) is 13.9. The van der Waals surface area contributed by atoms with Crippen LogP contribution in [0.25, 0.3) is 33.7 Å². The van der Waals surface area contributed by atoms with Crippen molar-refractivity contribution in [1.82, 2.24) is 24.6 Å². The number of furan rings is 1. The minimum atomic E-state index is -0.0555. The van der Waals surface area contributed by atoms with E-state index >= 15 is 0 Å². The second kappa shape index (κ2) is 7.94. The number of rotatable bonds is 4. The highest BCUT2D eigenvalue weighted by Crippen LogP contribution is 2.29. The van der Waals surface area contributed by atoms with Gasteiger partial charge < -0.3 is 14.3 Å². The maximum atomic E-state index is 13.6. The Morgan fingerprint density at radius 3 is 2.76 bits per heavy atom. The molecular weight excluding hydrogens is 414 g/mol. The van der Waals surface area contributed by atoms with E-state index in [1.165, 1.54) is 5.57 Å². The van der Waals surface area contributed by atoms with Gasteiger partial charge in [0.2, 0.25) is 0 Å². The Bertz CT molecular complexity index is 1460. The highest BCUT2D eigenvalue weighted by molar-refractivity contribution is 5.96. The summed E-state index contributed by atoms with van der Waals surface area (Å²) in [5.74, 6) is 0.576. The lowest BCUT2D eigenvalue weighted by Crippen LogP contribution is -2.35. The number of fused-ring (bicyclic) bond motifs is 1. The van der Waals surface area contributed by atoms with E-state index in [0.29, 0.717) is 30.2 Å². The van der Waals surface area contributed by atoms with Gasteiger partial charge in [-0.25, -0.2) is 9.67 Å². The van der Waals surface area contributed by atoms with Crippen LogP contribution in [-0.2, 0) is 0 Å². The van der Waals surface area contributed by atoms with Crippen LogP contribution in [0.5, 0.6) is 0 Å². The summed E-state index contributed by atoms with van der Waals surface area (Å²) >= 11 is 0. The molecule has 1 aliphatic rings. The molecule has 0 aliphatic carbocycles. The molecule has 6 rings (SSSR count). The number of aromatic amines is 1. The molecule has 7 heteroatoms. The number of hydrogen-bond acceptors (Lipinski definition) is 4. The van der Waals surface area contributed by atoms with Gasteiger partial charge >= 0.3 is 0 Å². The smallest absolute Gasteiger partial charge is 0.272 e. The molecule has 0 spiro atoms. The highest BCUT2D eigenvalue weighted by atomic mass is 16.3. The summed E-state index contributed by atoms with van der Waals surface area (Å²) in [4.78, 5) is 23.0. The van der Waals surface area contributed by atoms with Crippen molar-refractivity contribution in [1.29, 1.82) is 0 Å². The SMILES string of the molecule is O=C(c1cc(-c2ccco2)nn1-c1ccccc1)N1CC=C(c2c[nH]c3ncccc23)CC1. The summed E-state index contributed by atoms with van der Waals surface area (Å²) in [6.07, 6.45) is 8.30. The first-order chi connectivity index (χ1) is 16.3. The third-order valence-electron chi connectivity index (χ3n) is 6.00. The topological polar surface area (TPSA) is 80.0 Å². The van der Waals surface area contributed by atoms with Crippen LogP contribution in [-0.4, -0.2) is 43.6 Å². The third-order valence-corrected chi connectivity index (χ3v) is 6.00. The zero-order valence-electron chi connectivity index (χ0n) is 17.8. The van der Waals surface area contributed by atoms with E-state index in [1.807, 2.05) is 59.6 Å². The van der Waals surface area contributed by atoms with E-state index in [9.17, 15) is 4.79 Å². The maximum Gasteiger partial charge on any atom is 0.272 e. The van der Waals surface area contributed by atoms with Gasteiger partial charge in [-0.05, 0) is 48.4 Å². The number of nitrogens with one attached hydrogen (secondary N) is 1. The highest BCUT2D eigenvalue weighted by Gasteiger charge is 2.25. The number of amides is 1. The molecule has 5 heterocycles. The van der Waals surface area contributed by atoms with Crippen LogP contribution in [0.4, 0.5) is 0 Å². The predicted octanol–water partition coefficient (Wildman–Crippen LogP) is 4.94. The summed E-state index contributed by atoms with van der Waals surface area (Å²) in [7, 11) is 0. The molecule has 1 aromatic carbocycles. The first-order valence-corrected chi connectivity index (χ1v) is 10.9. The molecule has 33 heavy (non-hydrogen) atoms. The molecule has 4 aromatic heterocycles. The van der Waals surface area contributed by atoms with Crippen LogP contribution in [0.2, 0.25) is 0 Å². The Balaban J connectivity index is 1.31. The molecule has 0 atom stereocenters. The van der Waals surface area contributed by atoms with Crippen LogP contribution in [0, 0.1) is 0 Å². The summed E-state index contributed by atoms with van der Waals surface area (Å²) in [6.45, 7) is 1.17. The minimum absolute atomic E-state index is 0.0555. The lowest BCUT2D eigenvalue weighted by atomic mass is 9.99. The van der Waals surface area contributed by atoms with Gasteiger partial charge in [0.25, 0.3) is 5.91 Å². The second-order valence-corrected chi connectivity index (χ2v) is 7.97. The maximum absolute atomic E-state index is 13.6. The molecule has 1 aliphatic heterocycles. The van der Waals surface area contributed by atoms with Crippen molar-refractivity contribution < 1.29 is 9.21 Å². The molecule has 0 unspecified atom stereocenters. The number of pyridine rings is 1. The van der Waals surface area contributed by atoms with Gasteiger partial charge in [0.05, 0.1) is 12.0 Å². The van der Waals surface area contributed by atoms with Gasteiger partial charge in [0.15, 0.2) is 5.76 Å². The fourth-order valence-electron chi connectivity index (χ4n) is 4.33. The van der Waals surface area contributed by atoms with Crippen LogP contribution in [0.1, 0.15) is 22.5 Å². The number of aromatic nitrogens is 4. The van der Waals surface area contributed by atoms with Crippen LogP contribution in [0.3, 0.4) is 0 Å². The Morgan fingerprint density at radius 2 is 1.97 bits per heavy atom. The van der Waals surface area contributed by atoms with Gasteiger partial charge in [0, 0.05) is 42.5 Å². The first kappa shape index (κ1) is 19.3. The quantitative estimate of drug-likeness (QED) is 0.434. The van der Waals surface area contributed by atoms with Crippen molar-refractivity contribution >= 4 is 22.5 Å². The molecule has 1 amide bonds. The number of carbonyl (C=O) groups excluding carboxylic acids is 1. The van der Waals surface area contributed by atoms with Gasteiger partial charge in [-0.15, -0.1) is 0 Å². The molecular formula is C26H21N5O2. The summed E-state index contributed by atoms with van der Waals surface area (Å²) in [6, 6.07) is 19.2. The Morgan fingerprint density at radius 1 is 1.06 bits per heavy atom. The Labute approximate surface area is 190 Å². The molecule has 0 radical (unpaired) electrons. The molecule has 0 fully saturated rings. The molecule has 7 nitrogen and oxygen atoms in total. The average molecular weight is 435 g/mol. The minimum Gasteiger partial charge on any atom is -0.463 e. The number of para-hydroxylation sites is 1. The zero-order valence-corrected chi connectivity index (χ0v) is 17.8. The van der Waals surface area contributed by atoms with Gasteiger partial charge in [-0.2, -0.15) is 5.10 Å². The van der Waals surface area contributed by atoms with Gasteiger partial charge in [-0.3, -0.25) is 4.79 Å². The van der Waals surface area contributed by atoms with Gasteiger partial charge in [-0.1, -0.05) is 24.3 Å². The standard InChI is InChI=1S/C26H21N5O2/c32-26(30-13-10-18(11-14-30)21-17-28-25-20(21)8-4-12-27-25)23-16-22(24-9-5-15-33-24)29-31(23)19-6-2-1-3-7-19/h1-10,12,15-17H,11,13-14H2,(H,27,28). The number of carbonyl (C=O) groups is 1. The van der Waals surface area contributed by atoms with E-state index in [0.717, 1.165) is 28.7 Å². The molecule has 0 saturated heterocycles. The van der Waals surface area contributed by atoms with Crippen molar-refractivity contribution in [3.05, 3.63) is 96.7 Å². The third kappa shape index (κ3) is 3.43. The van der Waals surface area contributed by atoms with Crippen LogP contribution in [0.15, 0.2) is 89.8 Å². The van der Waals surface area contributed by atoms with Crippen LogP contribution < -0.4 is 0 Å². The van der Waals surface area contributed by atoms with Crippen molar-refractivity contribution in [2.24, 2.45) is 0 Å². The fourth-order valence-corrected chi connectivity index (χ4v) is 4.33. The zero-order chi connectivity index (χ0) is 22.2. The largest absolute Gasteiger partial charge is 0.463 e. The molecule has 162 valence electrons. The average Bonchev–Trinajstić information content (AvgIpc) is 3.64. The van der Waals surface area contributed by atoms with Crippen molar-refractivity contribution in [2.45, 2.75) is 6.42 Å². The number of H-pyrrole nitrogens is 1. The van der Waals surface area contributed by atoms with Crippen LogP contribution >= 0.6 is 0 Å². The number of nitrogens with zero attached hydrogens (tertiary/aromatic N) is 4. The van der Waals surface area contributed by atoms with Crippen molar-refractivity contribution in [3.8, 4) is 17.1 Å². The summed E-state index contributed by atoms with van der Waals surface area (Å²) in [5, 5.41) is 5.78.